The number of rotatable bonds is 2. The lowest BCUT2D eigenvalue weighted by molar-refractivity contribution is 0.118. The maximum Gasteiger partial charge on any atom is 0.0750 e. The van der Waals surface area contributed by atoms with Gasteiger partial charge in [-0.15, -0.1) is 0 Å². The zero-order valence-electron chi connectivity index (χ0n) is 10.5. The summed E-state index contributed by atoms with van der Waals surface area (Å²) in [6, 6.07) is 4.28. The topological polar surface area (TPSA) is 38.5 Å². The van der Waals surface area contributed by atoms with E-state index in [-0.39, 0.29) is 6.10 Å². The van der Waals surface area contributed by atoms with Crippen molar-refractivity contribution in [1.29, 1.82) is 0 Å². The van der Waals surface area contributed by atoms with E-state index < -0.39 is 0 Å². The summed E-state index contributed by atoms with van der Waals surface area (Å²) in [6.45, 7) is 5.00. The standard InChI is InChI=1S/C13H19ClN2O/c1-8-6-11(15)10(14)7-13(8)16(3)12-4-5-17-9(12)2/h6-7,9,12H,4-5,15H2,1-3H3. The van der Waals surface area contributed by atoms with Gasteiger partial charge in [-0.2, -0.15) is 0 Å². The monoisotopic (exact) mass is 254 g/mol. The lowest BCUT2D eigenvalue weighted by atomic mass is 10.1. The minimum atomic E-state index is 0.260. The Labute approximate surface area is 107 Å². The van der Waals surface area contributed by atoms with Gasteiger partial charge < -0.3 is 15.4 Å². The summed E-state index contributed by atoms with van der Waals surface area (Å²) in [4.78, 5) is 2.25. The molecule has 1 aliphatic heterocycles. The first-order chi connectivity index (χ1) is 8.00. The van der Waals surface area contributed by atoms with Crippen molar-refractivity contribution >= 4 is 23.0 Å². The van der Waals surface area contributed by atoms with E-state index in [1.807, 2.05) is 12.1 Å². The van der Waals surface area contributed by atoms with Gasteiger partial charge in [0.25, 0.3) is 0 Å². The highest BCUT2D eigenvalue weighted by atomic mass is 35.5. The second-order valence-electron chi connectivity index (χ2n) is 4.70. The largest absolute Gasteiger partial charge is 0.398 e. The minimum absolute atomic E-state index is 0.260. The fourth-order valence-corrected chi connectivity index (χ4v) is 2.64. The van der Waals surface area contributed by atoms with Gasteiger partial charge in [0.2, 0.25) is 0 Å². The molecule has 2 unspecified atom stereocenters. The second-order valence-corrected chi connectivity index (χ2v) is 5.11. The molecule has 2 rings (SSSR count). The molecule has 1 fully saturated rings. The van der Waals surface area contributed by atoms with Crippen LogP contribution in [-0.2, 0) is 4.74 Å². The van der Waals surface area contributed by atoms with E-state index in [0.717, 1.165) is 24.3 Å². The van der Waals surface area contributed by atoms with Gasteiger partial charge in [0.05, 0.1) is 22.9 Å². The molecule has 0 aromatic heterocycles. The smallest absolute Gasteiger partial charge is 0.0750 e. The molecule has 1 aromatic rings. The number of nitrogen functional groups attached to an aromatic ring is 1. The highest BCUT2D eigenvalue weighted by molar-refractivity contribution is 6.33. The van der Waals surface area contributed by atoms with E-state index >= 15 is 0 Å². The van der Waals surface area contributed by atoms with Gasteiger partial charge in [-0.3, -0.25) is 0 Å². The first kappa shape index (κ1) is 12.5. The Bertz CT molecular complexity index is 422. The molecule has 1 aromatic carbocycles. The van der Waals surface area contributed by atoms with Crippen LogP contribution < -0.4 is 10.6 Å². The van der Waals surface area contributed by atoms with Crippen LogP contribution in [0.1, 0.15) is 18.9 Å². The number of nitrogens with two attached hydrogens (primary N) is 1. The van der Waals surface area contributed by atoms with E-state index in [0.29, 0.717) is 16.8 Å². The Morgan fingerprint density at radius 3 is 2.76 bits per heavy atom. The number of halogens is 1. The van der Waals surface area contributed by atoms with E-state index in [1.165, 1.54) is 0 Å². The summed E-state index contributed by atoms with van der Waals surface area (Å²) >= 11 is 6.09. The number of nitrogens with zero attached hydrogens (tertiary/aromatic N) is 1. The van der Waals surface area contributed by atoms with Crippen LogP contribution in [0.3, 0.4) is 0 Å². The Hall–Kier alpha value is -0.930. The molecular formula is C13H19ClN2O. The van der Waals surface area contributed by atoms with E-state index in [4.69, 9.17) is 22.1 Å². The number of benzene rings is 1. The lowest BCUT2D eigenvalue weighted by Crippen LogP contribution is -2.37. The molecule has 17 heavy (non-hydrogen) atoms. The van der Waals surface area contributed by atoms with Crippen molar-refractivity contribution in [2.75, 3.05) is 24.3 Å². The van der Waals surface area contributed by atoms with Gasteiger partial charge in [-0.05, 0) is 38.0 Å². The van der Waals surface area contributed by atoms with E-state index in [9.17, 15) is 0 Å². The van der Waals surface area contributed by atoms with Crippen molar-refractivity contribution < 1.29 is 4.74 Å². The van der Waals surface area contributed by atoms with E-state index in [2.05, 4.69) is 25.8 Å². The number of likely N-dealkylation sites (N-methyl/N-ethyl adjacent to an activating group) is 1. The minimum Gasteiger partial charge on any atom is -0.398 e. The number of hydrogen-bond donors (Lipinski definition) is 1. The average Bonchev–Trinajstić information content (AvgIpc) is 2.69. The summed E-state index contributed by atoms with van der Waals surface area (Å²) in [5.41, 5.74) is 8.71. The molecule has 1 heterocycles. The molecule has 2 atom stereocenters. The highest BCUT2D eigenvalue weighted by Gasteiger charge is 2.28. The summed E-state index contributed by atoms with van der Waals surface area (Å²) < 4.78 is 5.60. The molecule has 0 aliphatic carbocycles. The normalized spacial score (nSPS) is 24.0. The van der Waals surface area contributed by atoms with Crippen molar-refractivity contribution in [1.82, 2.24) is 0 Å². The predicted octanol–water partition coefficient (Wildman–Crippen LogP) is 2.84. The Morgan fingerprint density at radius 2 is 2.18 bits per heavy atom. The van der Waals surface area contributed by atoms with Crippen molar-refractivity contribution in [2.24, 2.45) is 0 Å². The molecule has 0 bridgehead atoms. The average molecular weight is 255 g/mol. The maximum absolute atomic E-state index is 6.09. The van der Waals surface area contributed by atoms with Gasteiger partial charge in [0, 0.05) is 19.3 Å². The van der Waals surface area contributed by atoms with Crippen LogP contribution in [0, 0.1) is 6.92 Å². The summed E-state index contributed by atoms with van der Waals surface area (Å²) in [5.74, 6) is 0. The molecule has 4 heteroatoms. The third-order valence-electron chi connectivity index (χ3n) is 3.53. The van der Waals surface area contributed by atoms with Crippen molar-refractivity contribution in [3.8, 4) is 0 Å². The quantitative estimate of drug-likeness (QED) is 0.825. The van der Waals surface area contributed by atoms with Gasteiger partial charge in [-0.25, -0.2) is 0 Å². The molecule has 1 saturated heterocycles. The maximum atomic E-state index is 6.09. The number of ether oxygens (including phenoxy) is 1. The van der Waals surface area contributed by atoms with Gasteiger partial charge in [0.15, 0.2) is 0 Å². The van der Waals surface area contributed by atoms with Crippen molar-refractivity contribution in [3.63, 3.8) is 0 Å². The first-order valence-electron chi connectivity index (χ1n) is 5.90. The summed E-state index contributed by atoms with van der Waals surface area (Å²) in [7, 11) is 2.09. The zero-order valence-corrected chi connectivity index (χ0v) is 11.3. The van der Waals surface area contributed by atoms with E-state index in [1.54, 1.807) is 0 Å². The fraction of sp³-hybridized carbons (Fsp3) is 0.538. The SMILES string of the molecule is Cc1cc(N)c(Cl)cc1N(C)C1CCOC1C. The van der Waals surface area contributed by atoms with Gasteiger partial charge in [-0.1, -0.05) is 11.6 Å². The van der Waals surface area contributed by atoms with Gasteiger partial charge in [0.1, 0.15) is 0 Å². The van der Waals surface area contributed by atoms with Crippen LogP contribution in [-0.4, -0.2) is 25.8 Å². The van der Waals surface area contributed by atoms with Crippen LogP contribution in [0.25, 0.3) is 0 Å². The molecule has 0 saturated carbocycles. The first-order valence-corrected chi connectivity index (χ1v) is 6.28. The molecule has 0 radical (unpaired) electrons. The Balaban J connectivity index is 2.30. The summed E-state index contributed by atoms with van der Waals surface area (Å²) in [6.07, 6.45) is 1.31. The number of aryl methyl sites for hydroxylation is 1. The lowest BCUT2D eigenvalue weighted by Gasteiger charge is -2.30. The van der Waals surface area contributed by atoms with Crippen molar-refractivity contribution in [2.45, 2.75) is 32.4 Å². The summed E-state index contributed by atoms with van der Waals surface area (Å²) in [5, 5.41) is 0.615. The molecule has 0 amide bonds. The zero-order chi connectivity index (χ0) is 12.6. The fourth-order valence-electron chi connectivity index (χ4n) is 2.48. The van der Waals surface area contributed by atoms with Crippen LogP contribution in [0.5, 0.6) is 0 Å². The molecular weight excluding hydrogens is 236 g/mol. The molecule has 0 spiro atoms. The predicted molar refractivity (Wildman–Crippen MR) is 72.8 cm³/mol. The van der Waals surface area contributed by atoms with Crippen LogP contribution in [0.2, 0.25) is 5.02 Å². The van der Waals surface area contributed by atoms with Crippen LogP contribution >= 0.6 is 11.6 Å². The molecule has 1 aliphatic rings. The second kappa shape index (κ2) is 4.75. The highest BCUT2D eigenvalue weighted by Crippen LogP contribution is 2.32. The van der Waals surface area contributed by atoms with Crippen LogP contribution in [0.15, 0.2) is 12.1 Å². The van der Waals surface area contributed by atoms with Crippen molar-refractivity contribution in [3.05, 3.63) is 22.7 Å². The van der Waals surface area contributed by atoms with Crippen LogP contribution in [0.4, 0.5) is 11.4 Å². The number of hydrogen-bond acceptors (Lipinski definition) is 3. The Morgan fingerprint density at radius 1 is 1.47 bits per heavy atom. The molecule has 94 valence electrons. The molecule has 2 N–H and O–H groups in total. The van der Waals surface area contributed by atoms with Gasteiger partial charge >= 0.3 is 0 Å². The third-order valence-corrected chi connectivity index (χ3v) is 3.86. The third kappa shape index (κ3) is 2.35. The Kier molecular flexibility index (Phi) is 3.50. The molecule has 3 nitrogen and oxygen atoms in total. The number of anilines is 2.